The molecular formula is C16H18N4O3. The summed E-state index contributed by atoms with van der Waals surface area (Å²) in [6.45, 7) is 5.23. The Morgan fingerprint density at radius 3 is 3.04 bits per heavy atom. The minimum atomic E-state index is -0.234. The normalized spacial score (nSPS) is 12.7. The number of anilines is 1. The van der Waals surface area contributed by atoms with E-state index < -0.39 is 0 Å². The van der Waals surface area contributed by atoms with Crippen molar-refractivity contribution in [2.24, 2.45) is 0 Å². The first-order valence-corrected chi connectivity index (χ1v) is 7.44. The number of amides is 3. The third-order valence-electron chi connectivity index (χ3n) is 3.84. The highest BCUT2D eigenvalue weighted by Gasteiger charge is 2.21. The van der Waals surface area contributed by atoms with E-state index in [0.29, 0.717) is 31.0 Å². The molecule has 0 atom stereocenters. The molecule has 0 aliphatic carbocycles. The second-order valence-corrected chi connectivity index (χ2v) is 5.39. The van der Waals surface area contributed by atoms with Gasteiger partial charge in [0.2, 0.25) is 0 Å². The number of aromatic nitrogens is 1. The smallest absolute Gasteiger partial charge is 0.322 e. The zero-order chi connectivity index (χ0) is 16.4. The van der Waals surface area contributed by atoms with E-state index in [-0.39, 0.29) is 11.9 Å². The summed E-state index contributed by atoms with van der Waals surface area (Å²) in [5.74, 6) is 0.588. The van der Waals surface area contributed by atoms with Gasteiger partial charge in [-0.05, 0) is 31.5 Å². The van der Waals surface area contributed by atoms with Crippen molar-refractivity contribution in [3.63, 3.8) is 0 Å². The van der Waals surface area contributed by atoms with Crippen LogP contribution < -0.4 is 10.6 Å². The monoisotopic (exact) mass is 314 g/mol. The van der Waals surface area contributed by atoms with E-state index in [1.807, 2.05) is 19.9 Å². The van der Waals surface area contributed by atoms with Crippen LogP contribution in [0, 0.1) is 6.92 Å². The van der Waals surface area contributed by atoms with Crippen LogP contribution in [0.2, 0.25) is 0 Å². The molecule has 2 aromatic heterocycles. The molecule has 1 aliphatic heterocycles. The first-order valence-electron chi connectivity index (χ1n) is 7.44. The Morgan fingerprint density at radius 1 is 1.52 bits per heavy atom. The Balaban J connectivity index is 1.70. The zero-order valence-electron chi connectivity index (χ0n) is 13.0. The third kappa shape index (κ3) is 3.03. The van der Waals surface area contributed by atoms with Crippen LogP contribution >= 0.6 is 0 Å². The third-order valence-corrected chi connectivity index (χ3v) is 3.84. The van der Waals surface area contributed by atoms with E-state index in [9.17, 15) is 9.59 Å². The number of aryl methyl sites for hydroxylation is 1. The summed E-state index contributed by atoms with van der Waals surface area (Å²) in [4.78, 5) is 29.6. The number of pyridine rings is 1. The number of hydrogen-bond acceptors (Lipinski definition) is 4. The second-order valence-electron chi connectivity index (χ2n) is 5.39. The van der Waals surface area contributed by atoms with Crippen molar-refractivity contribution >= 4 is 17.6 Å². The standard InChI is InChI=1S/C16H18N4O3/c1-3-20(9-13-10(2)4-5-23-13)16(22)19-12-6-11-7-18-15(21)14(11)17-8-12/h4-6,8H,3,7,9H2,1-2H3,(H,18,21)(H,19,22). The lowest BCUT2D eigenvalue weighted by Gasteiger charge is -2.20. The summed E-state index contributed by atoms with van der Waals surface area (Å²) >= 11 is 0. The first-order chi connectivity index (χ1) is 11.1. The first kappa shape index (κ1) is 15.1. The molecule has 7 heteroatoms. The minimum absolute atomic E-state index is 0.179. The fourth-order valence-corrected chi connectivity index (χ4v) is 2.45. The molecule has 23 heavy (non-hydrogen) atoms. The van der Waals surface area contributed by atoms with Gasteiger partial charge >= 0.3 is 6.03 Å². The summed E-state index contributed by atoms with van der Waals surface area (Å²) < 4.78 is 5.39. The maximum atomic E-state index is 12.4. The Hall–Kier alpha value is -2.83. The second kappa shape index (κ2) is 6.12. The topological polar surface area (TPSA) is 87.5 Å². The predicted molar refractivity (Wildman–Crippen MR) is 84.0 cm³/mol. The van der Waals surface area contributed by atoms with E-state index >= 15 is 0 Å². The van der Waals surface area contributed by atoms with Crippen molar-refractivity contribution in [3.05, 3.63) is 47.2 Å². The van der Waals surface area contributed by atoms with E-state index in [1.165, 1.54) is 6.20 Å². The van der Waals surface area contributed by atoms with Crippen molar-refractivity contribution in [3.8, 4) is 0 Å². The van der Waals surface area contributed by atoms with Crippen LogP contribution in [0.5, 0.6) is 0 Å². The fourth-order valence-electron chi connectivity index (χ4n) is 2.45. The molecule has 2 aromatic rings. The molecule has 0 saturated heterocycles. The van der Waals surface area contributed by atoms with Gasteiger partial charge in [-0.2, -0.15) is 0 Å². The number of urea groups is 1. The molecule has 0 aromatic carbocycles. The fraction of sp³-hybridized carbons (Fsp3) is 0.312. The van der Waals surface area contributed by atoms with Gasteiger partial charge in [0.25, 0.3) is 5.91 Å². The van der Waals surface area contributed by atoms with Gasteiger partial charge < -0.3 is 20.0 Å². The Labute approximate surface area is 133 Å². The largest absolute Gasteiger partial charge is 0.467 e. The summed E-state index contributed by atoms with van der Waals surface area (Å²) in [7, 11) is 0. The van der Waals surface area contributed by atoms with E-state index in [1.54, 1.807) is 17.2 Å². The van der Waals surface area contributed by atoms with Crippen molar-refractivity contribution in [2.45, 2.75) is 26.9 Å². The minimum Gasteiger partial charge on any atom is -0.467 e. The molecule has 3 heterocycles. The highest BCUT2D eigenvalue weighted by Crippen LogP contribution is 2.18. The van der Waals surface area contributed by atoms with Gasteiger partial charge in [0.1, 0.15) is 11.5 Å². The van der Waals surface area contributed by atoms with Gasteiger partial charge in [-0.3, -0.25) is 4.79 Å². The maximum Gasteiger partial charge on any atom is 0.322 e. The summed E-state index contributed by atoms with van der Waals surface area (Å²) in [6, 6.07) is 3.40. The molecule has 0 radical (unpaired) electrons. The van der Waals surface area contributed by atoms with Crippen molar-refractivity contribution in [1.82, 2.24) is 15.2 Å². The number of carbonyl (C=O) groups excluding carboxylic acids is 2. The molecule has 3 rings (SSSR count). The van der Waals surface area contributed by atoms with Crippen molar-refractivity contribution in [2.75, 3.05) is 11.9 Å². The highest BCUT2D eigenvalue weighted by atomic mass is 16.3. The maximum absolute atomic E-state index is 12.4. The summed E-state index contributed by atoms with van der Waals surface area (Å²) in [5.41, 5.74) is 2.79. The number of carbonyl (C=O) groups is 2. The molecule has 0 spiro atoms. The van der Waals surface area contributed by atoms with Crippen molar-refractivity contribution < 1.29 is 14.0 Å². The van der Waals surface area contributed by atoms with Gasteiger partial charge in [-0.15, -0.1) is 0 Å². The quantitative estimate of drug-likeness (QED) is 0.906. The number of nitrogens with zero attached hydrogens (tertiary/aromatic N) is 2. The lowest BCUT2D eigenvalue weighted by atomic mass is 10.2. The van der Waals surface area contributed by atoms with E-state index in [0.717, 1.165) is 16.9 Å². The molecule has 2 N–H and O–H groups in total. The highest BCUT2D eigenvalue weighted by molar-refractivity contribution is 5.97. The molecular weight excluding hydrogens is 296 g/mol. The average Bonchev–Trinajstić information content (AvgIpc) is 3.11. The Morgan fingerprint density at radius 2 is 2.35 bits per heavy atom. The lowest BCUT2D eigenvalue weighted by molar-refractivity contribution is 0.0961. The van der Waals surface area contributed by atoms with Gasteiger partial charge in [-0.1, -0.05) is 0 Å². The molecule has 3 amide bonds. The van der Waals surface area contributed by atoms with Crippen LogP contribution in [0.15, 0.2) is 29.0 Å². The molecule has 0 fully saturated rings. The number of furan rings is 1. The molecule has 0 saturated carbocycles. The van der Waals surface area contributed by atoms with Crippen LogP contribution in [0.1, 0.15) is 34.3 Å². The van der Waals surface area contributed by atoms with Gasteiger partial charge in [-0.25, -0.2) is 9.78 Å². The molecule has 0 unspecified atom stereocenters. The SMILES string of the molecule is CCN(Cc1occc1C)C(=O)Nc1cnc2c(c1)CNC2=O. The van der Waals surface area contributed by atoms with Crippen LogP contribution in [0.3, 0.4) is 0 Å². The predicted octanol–water partition coefficient (Wildman–Crippen LogP) is 2.28. The number of hydrogen-bond donors (Lipinski definition) is 2. The Bertz CT molecular complexity index is 754. The Kier molecular flexibility index (Phi) is 4.01. The van der Waals surface area contributed by atoms with Crippen LogP contribution in [-0.2, 0) is 13.1 Å². The van der Waals surface area contributed by atoms with Crippen LogP contribution in [-0.4, -0.2) is 28.4 Å². The van der Waals surface area contributed by atoms with Gasteiger partial charge in [0.05, 0.1) is 24.7 Å². The number of fused-ring (bicyclic) bond motifs is 1. The van der Waals surface area contributed by atoms with Crippen LogP contribution in [0.4, 0.5) is 10.5 Å². The molecule has 0 bridgehead atoms. The summed E-state index contributed by atoms with van der Waals surface area (Å²) in [6.07, 6.45) is 3.11. The van der Waals surface area contributed by atoms with Crippen LogP contribution in [0.25, 0.3) is 0 Å². The van der Waals surface area contributed by atoms with Gasteiger partial charge in [0, 0.05) is 18.7 Å². The van der Waals surface area contributed by atoms with Crippen molar-refractivity contribution in [1.29, 1.82) is 0 Å². The molecule has 120 valence electrons. The van der Waals surface area contributed by atoms with E-state index in [2.05, 4.69) is 15.6 Å². The summed E-state index contributed by atoms with van der Waals surface area (Å²) in [5, 5.41) is 5.51. The van der Waals surface area contributed by atoms with E-state index in [4.69, 9.17) is 4.42 Å². The zero-order valence-corrected chi connectivity index (χ0v) is 13.0. The lowest BCUT2D eigenvalue weighted by Crippen LogP contribution is -2.34. The van der Waals surface area contributed by atoms with Gasteiger partial charge in [0.15, 0.2) is 0 Å². The molecule has 1 aliphatic rings. The number of nitrogens with one attached hydrogen (secondary N) is 2. The average molecular weight is 314 g/mol. The number of rotatable bonds is 4. The molecule has 7 nitrogen and oxygen atoms in total.